The minimum Gasteiger partial charge on any atom is -0.366 e. The van der Waals surface area contributed by atoms with Crippen LogP contribution in [0.15, 0.2) is 0 Å². The number of carbonyl (C=O) groups excluding carboxylic acids is 2. The van der Waals surface area contributed by atoms with Gasteiger partial charge in [-0.25, -0.2) is 0 Å². The van der Waals surface area contributed by atoms with Gasteiger partial charge < -0.3 is 20.3 Å². The van der Waals surface area contributed by atoms with E-state index in [9.17, 15) is 9.59 Å². The van der Waals surface area contributed by atoms with Crippen LogP contribution >= 0.6 is 0 Å². The summed E-state index contributed by atoms with van der Waals surface area (Å²) in [6, 6.07) is 0.0521. The summed E-state index contributed by atoms with van der Waals surface area (Å²) in [6.45, 7) is 2.56. The van der Waals surface area contributed by atoms with E-state index in [0.717, 1.165) is 32.2 Å². The predicted octanol–water partition coefficient (Wildman–Crippen LogP) is -0.756. The topological polar surface area (TPSA) is 70.7 Å². The Labute approximate surface area is 112 Å². The summed E-state index contributed by atoms with van der Waals surface area (Å²) in [5.74, 6) is -0.0298. The van der Waals surface area contributed by atoms with Crippen LogP contribution in [0.5, 0.6) is 0 Å². The van der Waals surface area contributed by atoms with Gasteiger partial charge in [0.1, 0.15) is 12.1 Å². The van der Waals surface area contributed by atoms with Crippen LogP contribution in [0, 0.1) is 0 Å². The van der Waals surface area contributed by atoms with Gasteiger partial charge in [0.2, 0.25) is 5.91 Å². The minimum absolute atomic E-state index is 0.0112. The molecule has 0 spiro atoms. The zero-order chi connectivity index (χ0) is 13.2. The molecule has 1 saturated carbocycles. The van der Waals surface area contributed by atoms with Crippen LogP contribution in [-0.4, -0.2) is 61.1 Å². The second-order valence-corrected chi connectivity index (χ2v) is 5.54. The molecule has 3 fully saturated rings. The fourth-order valence-electron chi connectivity index (χ4n) is 2.74. The molecule has 3 rings (SSSR count). The molecule has 0 radical (unpaired) electrons. The Bertz CT molecular complexity index is 364. The molecule has 2 unspecified atom stereocenters. The van der Waals surface area contributed by atoms with Gasteiger partial charge in [0, 0.05) is 25.7 Å². The molecule has 6 heteroatoms. The fraction of sp³-hybridized carbons (Fsp3) is 0.846. The van der Waals surface area contributed by atoms with Crippen molar-refractivity contribution in [2.45, 2.75) is 43.9 Å². The average molecular weight is 267 g/mol. The van der Waals surface area contributed by atoms with Crippen molar-refractivity contribution in [2.24, 2.45) is 0 Å². The number of ether oxygens (including phenoxy) is 1. The molecule has 2 N–H and O–H groups in total. The Kier molecular flexibility index (Phi) is 3.70. The predicted molar refractivity (Wildman–Crippen MR) is 68.5 cm³/mol. The maximum Gasteiger partial charge on any atom is 0.253 e. The van der Waals surface area contributed by atoms with Gasteiger partial charge in [-0.1, -0.05) is 0 Å². The quantitative estimate of drug-likeness (QED) is 0.705. The first-order valence-electron chi connectivity index (χ1n) is 7.19. The van der Waals surface area contributed by atoms with Crippen LogP contribution in [0.4, 0.5) is 0 Å². The average Bonchev–Trinajstić information content (AvgIpc) is 3.11. The highest BCUT2D eigenvalue weighted by atomic mass is 16.5. The monoisotopic (exact) mass is 267 g/mol. The third kappa shape index (κ3) is 2.90. The van der Waals surface area contributed by atoms with Gasteiger partial charge in [0.05, 0.1) is 6.61 Å². The molecule has 106 valence electrons. The highest BCUT2D eigenvalue weighted by molar-refractivity contribution is 5.90. The second kappa shape index (κ2) is 5.46. The Morgan fingerprint density at radius 1 is 1.26 bits per heavy atom. The Morgan fingerprint density at radius 3 is 2.79 bits per heavy atom. The molecule has 0 aromatic heterocycles. The lowest BCUT2D eigenvalue weighted by Crippen LogP contribution is -2.53. The number of likely N-dealkylation sites (tertiary alicyclic amines) is 1. The van der Waals surface area contributed by atoms with E-state index in [-0.39, 0.29) is 17.9 Å². The van der Waals surface area contributed by atoms with Crippen molar-refractivity contribution in [3.05, 3.63) is 0 Å². The summed E-state index contributed by atoms with van der Waals surface area (Å²) in [5.41, 5.74) is 0. The number of rotatable bonds is 3. The van der Waals surface area contributed by atoms with Crippen molar-refractivity contribution in [1.29, 1.82) is 0 Å². The van der Waals surface area contributed by atoms with E-state index in [1.165, 1.54) is 0 Å². The van der Waals surface area contributed by atoms with E-state index in [2.05, 4.69) is 10.6 Å². The molecular weight excluding hydrogens is 246 g/mol. The first-order chi connectivity index (χ1) is 9.25. The molecule has 0 aromatic carbocycles. The van der Waals surface area contributed by atoms with Gasteiger partial charge in [-0.15, -0.1) is 0 Å². The summed E-state index contributed by atoms with van der Waals surface area (Å²) in [6.07, 6.45) is 3.38. The lowest BCUT2D eigenvalue weighted by atomic mass is 10.2. The molecular formula is C13H21N3O3. The lowest BCUT2D eigenvalue weighted by molar-refractivity contribution is -0.149. The summed E-state index contributed by atoms with van der Waals surface area (Å²) in [5, 5.41) is 6.15. The van der Waals surface area contributed by atoms with Crippen LogP contribution < -0.4 is 10.6 Å². The second-order valence-electron chi connectivity index (χ2n) is 5.54. The van der Waals surface area contributed by atoms with E-state index in [1.54, 1.807) is 4.90 Å². The number of nitrogens with one attached hydrogen (secondary N) is 2. The number of morpholine rings is 1. The zero-order valence-electron chi connectivity index (χ0n) is 11.1. The lowest BCUT2D eigenvalue weighted by Gasteiger charge is -2.30. The third-order valence-corrected chi connectivity index (χ3v) is 3.97. The van der Waals surface area contributed by atoms with Crippen LogP contribution in [0.2, 0.25) is 0 Å². The fourth-order valence-corrected chi connectivity index (χ4v) is 2.74. The van der Waals surface area contributed by atoms with Gasteiger partial charge in [0.25, 0.3) is 5.91 Å². The highest BCUT2D eigenvalue weighted by Gasteiger charge is 2.39. The first-order valence-corrected chi connectivity index (χ1v) is 7.19. The Balaban J connectivity index is 1.60. The number of amides is 2. The maximum atomic E-state index is 12.4. The van der Waals surface area contributed by atoms with Gasteiger partial charge >= 0.3 is 0 Å². The molecule has 19 heavy (non-hydrogen) atoms. The van der Waals surface area contributed by atoms with Crippen molar-refractivity contribution in [1.82, 2.24) is 15.5 Å². The molecule has 3 aliphatic rings. The van der Waals surface area contributed by atoms with Crippen LogP contribution in [0.1, 0.15) is 25.7 Å². The van der Waals surface area contributed by atoms with Gasteiger partial charge in [-0.3, -0.25) is 9.59 Å². The smallest absolute Gasteiger partial charge is 0.253 e. The van der Waals surface area contributed by atoms with E-state index < -0.39 is 6.10 Å². The Morgan fingerprint density at radius 2 is 2.11 bits per heavy atom. The SMILES string of the molecule is O=C(NC1CC1)C1CCCN1C(=O)C1CNCCO1. The molecule has 1 aliphatic carbocycles. The normalized spacial score (nSPS) is 31.3. The third-order valence-electron chi connectivity index (χ3n) is 3.97. The van der Waals surface area contributed by atoms with Crippen molar-refractivity contribution in [3.8, 4) is 0 Å². The molecule has 2 atom stereocenters. The molecule has 6 nitrogen and oxygen atoms in total. The molecule has 2 saturated heterocycles. The van der Waals surface area contributed by atoms with Gasteiger partial charge in [-0.05, 0) is 25.7 Å². The van der Waals surface area contributed by atoms with Crippen LogP contribution in [-0.2, 0) is 14.3 Å². The molecule has 2 amide bonds. The minimum atomic E-state index is -0.428. The highest BCUT2D eigenvalue weighted by Crippen LogP contribution is 2.23. The largest absolute Gasteiger partial charge is 0.366 e. The molecule has 2 heterocycles. The van der Waals surface area contributed by atoms with Crippen molar-refractivity contribution in [3.63, 3.8) is 0 Å². The molecule has 0 aromatic rings. The maximum absolute atomic E-state index is 12.4. The van der Waals surface area contributed by atoms with E-state index in [4.69, 9.17) is 4.74 Å². The standard InChI is InChI=1S/C13H21N3O3/c17-12(15-9-3-4-9)10-2-1-6-16(10)13(18)11-8-14-5-7-19-11/h9-11,14H,1-8H2,(H,15,17). The van der Waals surface area contributed by atoms with Crippen molar-refractivity contribution >= 4 is 11.8 Å². The Hall–Kier alpha value is -1.14. The molecule has 2 aliphatic heterocycles. The van der Waals surface area contributed by atoms with Gasteiger partial charge in [-0.2, -0.15) is 0 Å². The van der Waals surface area contributed by atoms with E-state index in [0.29, 0.717) is 25.7 Å². The number of hydrogen-bond donors (Lipinski definition) is 2. The summed E-state index contributed by atoms with van der Waals surface area (Å²) < 4.78 is 5.49. The van der Waals surface area contributed by atoms with E-state index in [1.807, 2.05) is 0 Å². The van der Waals surface area contributed by atoms with Crippen molar-refractivity contribution < 1.29 is 14.3 Å². The van der Waals surface area contributed by atoms with Gasteiger partial charge in [0.15, 0.2) is 0 Å². The number of nitrogens with zero attached hydrogens (tertiary/aromatic N) is 1. The summed E-state index contributed by atoms with van der Waals surface area (Å²) in [4.78, 5) is 26.2. The first kappa shape index (κ1) is 12.9. The van der Waals surface area contributed by atoms with E-state index >= 15 is 0 Å². The van der Waals surface area contributed by atoms with Crippen molar-refractivity contribution in [2.75, 3.05) is 26.2 Å². The number of hydrogen-bond acceptors (Lipinski definition) is 4. The number of carbonyl (C=O) groups is 2. The summed E-state index contributed by atoms with van der Waals surface area (Å²) >= 11 is 0. The summed E-state index contributed by atoms with van der Waals surface area (Å²) in [7, 11) is 0. The zero-order valence-corrected chi connectivity index (χ0v) is 11.1. The molecule has 0 bridgehead atoms. The van der Waals surface area contributed by atoms with Crippen LogP contribution in [0.25, 0.3) is 0 Å². The van der Waals surface area contributed by atoms with Crippen LogP contribution in [0.3, 0.4) is 0 Å².